The number of morpholine rings is 1. The van der Waals surface area contributed by atoms with Crippen LogP contribution in [0.5, 0.6) is 5.75 Å². The highest BCUT2D eigenvalue weighted by molar-refractivity contribution is 7.90. The first-order chi connectivity index (χ1) is 14.6. The van der Waals surface area contributed by atoms with E-state index in [0.717, 1.165) is 56.1 Å². The standard InChI is InChI=1S/C23H26N2O4S/c26-30(27,25-13-1-2-14-25)23-10-6-21(7-11-23)20-4-8-22(9-5-20)29-17-3-12-24-15-18-28-19-16-24/h1-2,4-11,13-14H,3,12,15-19H2. The van der Waals surface area contributed by atoms with E-state index in [9.17, 15) is 8.42 Å². The molecule has 0 spiro atoms. The van der Waals surface area contributed by atoms with Crippen LogP contribution in [0, 0.1) is 0 Å². The predicted octanol–water partition coefficient (Wildman–Crippen LogP) is 3.49. The summed E-state index contributed by atoms with van der Waals surface area (Å²) in [5.74, 6) is 0.840. The van der Waals surface area contributed by atoms with Gasteiger partial charge in [-0.2, -0.15) is 0 Å². The van der Waals surface area contributed by atoms with Crippen molar-refractivity contribution in [2.24, 2.45) is 0 Å². The third-order valence-corrected chi connectivity index (χ3v) is 6.85. The van der Waals surface area contributed by atoms with Gasteiger partial charge in [0.25, 0.3) is 10.0 Å². The molecule has 1 aliphatic rings. The lowest BCUT2D eigenvalue weighted by atomic mass is 10.1. The minimum Gasteiger partial charge on any atom is -0.494 e. The molecule has 1 saturated heterocycles. The summed E-state index contributed by atoms with van der Waals surface area (Å²) in [5, 5.41) is 0. The normalized spacial score (nSPS) is 15.2. The second kappa shape index (κ2) is 9.47. The SMILES string of the molecule is O=S(=O)(c1ccc(-c2ccc(OCCCN3CCOCC3)cc2)cc1)n1cccc1. The van der Waals surface area contributed by atoms with Crippen molar-refractivity contribution in [2.45, 2.75) is 11.3 Å². The molecular formula is C23H26N2O4S. The van der Waals surface area contributed by atoms with Crippen LogP contribution < -0.4 is 4.74 Å². The summed E-state index contributed by atoms with van der Waals surface area (Å²) in [7, 11) is -3.54. The van der Waals surface area contributed by atoms with Gasteiger partial charge in [0.15, 0.2) is 0 Å². The summed E-state index contributed by atoms with van der Waals surface area (Å²) in [5.41, 5.74) is 1.97. The van der Waals surface area contributed by atoms with Crippen LogP contribution in [0.15, 0.2) is 78.0 Å². The monoisotopic (exact) mass is 426 g/mol. The molecule has 2 aromatic carbocycles. The smallest absolute Gasteiger partial charge is 0.267 e. The molecule has 30 heavy (non-hydrogen) atoms. The molecule has 0 radical (unpaired) electrons. The van der Waals surface area contributed by atoms with Crippen molar-refractivity contribution < 1.29 is 17.9 Å². The van der Waals surface area contributed by atoms with Gasteiger partial charge >= 0.3 is 0 Å². The third-order valence-electron chi connectivity index (χ3n) is 5.19. The van der Waals surface area contributed by atoms with Crippen LogP contribution in [0.2, 0.25) is 0 Å². The number of benzene rings is 2. The zero-order chi connectivity index (χ0) is 20.8. The molecule has 158 valence electrons. The quantitative estimate of drug-likeness (QED) is 0.516. The molecule has 0 bridgehead atoms. The Hall–Kier alpha value is -2.61. The zero-order valence-corrected chi connectivity index (χ0v) is 17.6. The van der Waals surface area contributed by atoms with Gasteiger partial charge in [0.1, 0.15) is 5.75 Å². The van der Waals surface area contributed by atoms with E-state index in [1.54, 1.807) is 24.3 Å². The van der Waals surface area contributed by atoms with Crippen molar-refractivity contribution in [1.29, 1.82) is 0 Å². The molecular weight excluding hydrogens is 400 g/mol. The Morgan fingerprint density at radius 2 is 1.47 bits per heavy atom. The van der Waals surface area contributed by atoms with Gasteiger partial charge in [0.05, 0.1) is 24.7 Å². The van der Waals surface area contributed by atoms with E-state index < -0.39 is 10.0 Å². The van der Waals surface area contributed by atoms with Gasteiger partial charge in [0.2, 0.25) is 0 Å². The summed E-state index contributed by atoms with van der Waals surface area (Å²) < 4.78 is 37.5. The molecule has 2 heterocycles. The highest BCUT2D eigenvalue weighted by Crippen LogP contribution is 2.24. The summed E-state index contributed by atoms with van der Waals surface area (Å²) in [6.45, 7) is 5.35. The molecule has 0 unspecified atom stereocenters. The van der Waals surface area contributed by atoms with Gasteiger partial charge in [-0.15, -0.1) is 0 Å². The van der Waals surface area contributed by atoms with Gasteiger partial charge in [-0.3, -0.25) is 4.90 Å². The van der Waals surface area contributed by atoms with Crippen molar-refractivity contribution in [3.05, 3.63) is 73.1 Å². The maximum atomic E-state index is 12.6. The minimum atomic E-state index is -3.54. The van der Waals surface area contributed by atoms with E-state index in [0.29, 0.717) is 6.61 Å². The maximum Gasteiger partial charge on any atom is 0.267 e. The topological polar surface area (TPSA) is 60.8 Å². The Kier molecular flexibility index (Phi) is 6.52. The Labute approximate surface area is 177 Å². The second-order valence-electron chi connectivity index (χ2n) is 7.22. The third kappa shape index (κ3) is 4.92. The Morgan fingerprint density at radius 1 is 0.867 bits per heavy atom. The van der Waals surface area contributed by atoms with Crippen molar-refractivity contribution in [1.82, 2.24) is 8.87 Å². The molecule has 0 atom stereocenters. The highest BCUT2D eigenvalue weighted by atomic mass is 32.2. The molecule has 4 rings (SSSR count). The van der Waals surface area contributed by atoms with Crippen LogP contribution in [0.1, 0.15) is 6.42 Å². The second-order valence-corrected chi connectivity index (χ2v) is 9.07. The average Bonchev–Trinajstić information content (AvgIpc) is 3.34. The van der Waals surface area contributed by atoms with Gasteiger partial charge < -0.3 is 9.47 Å². The number of aromatic nitrogens is 1. The Bertz CT molecular complexity index is 1020. The fourth-order valence-corrected chi connectivity index (χ4v) is 4.65. The number of hydrogen-bond acceptors (Lipinski definition) is 5. The van der Waals surface area contributed by atoms with Gasteiger partial charge in [-0.05, 0) is 53.9 Å². The van der Waals surface area contributed by atoms with Gasteiger partial charge in [-0.25, -0.2) is 12.4 Å². The molecule has 0 aliphatic carbocycles. The van der Waals surface area contributed by atoms with Crippen LogP contribution in [-0.2, 0) is 14.8 Å². The summed E-state index contributed by atoms with van der Waals surface area (Å²) in [4.78, 5) is 2.67. The molecule has 1 aliphatic heterocycles. The lowest BCUT2D eigenvalue weighted by Crippen LogP contribution is -2.37. The summed E-state index contributed by atoms with van der Waals surface area (Å²) >= 11 is 0. The number of nitrogens with zero attached hydrogens (tertiary/aromatic N) is 2. The van der Waals surface area contributed by atoms with Crippen molar-refractivity contribution in [2.75, 3.05) is 39.5 Å². The summed E-state index contributed by atoms with van der Waals surface area (Å²) in [6.07, 6.45) is 4.05. The largest absolute Gasteiger partial charge is 0.494 e. The molecule has 3 aromatic rings. The minimum absolute atomic E-state index is 0.266. The van der Waals surface area contributed by atoms with E-state index in [-0.39, 0.29) is 4.90 Å². The van der Waals surface area contributed by atoms with E-state index >= 15 is 0 Å². The molecule has 0 N–H and O–H groups in total. The van der Waals surface area contributed by atoms with E-state index in [1.807, 2.05) is 36.4 Å². The van der Waals surface area contributed by atoms with Crippen LogP contribution in [0.25, 0.3) is 11.1 Å². The molecule has 1 aromatic heterocycles. The first-order valence-electron chi connectivity index (χ1n) is 10.1. The Balaban J connectivity index is 1.32. The predicted molar refractivity (Wildman–Crippen MR) is 116 cm³/mol. The van der Waals surface area contributed by atoms with Gasteiger partial charge in [-0.1, -0.05) is 24.3 Å². The van der Waals surface area contributed by atoms with Crippen molar-refractivity contribution in [3.8, 4) is 16.9 Å². The van der Waals surface area contributed by atoms with Crippen molar-refractivity contribution in [3.63, 3.8) is 0 Å². The molecule has 0 amide bonds. The zero-order valence-electron chi connectivity index (χ0n) is 16.8. The van der Waals surface area contributed by atoms with E-state index in [2.05, 4.69) is 4.90 Å². The molecule has 0 saturated carbocycles. The fraction of sp³-hybridized carbons (Fsp3) is 0.304. The van der Waals surface area contributed by atoms with Crippen LogP contribution in [0.4, 0.5) is 0 Å². The highest BCUT2D eigenvalue weighted by Gasteiger charge is 2.15. The number of ether oxygens (including phenoxy) is 2. The number of hydrogen-bond donors (Lipinski definition) is 0. The van der Waals surface area contributed by atoms with Gasteiger partial charge in [0, 0.05) is 32.0 Å². The average molecular weight is 427 g/mol. The molecule has 6 nitrogen and oxygen atoms in total. The fourth-order valence-electron chi connectivity index (χ4n) is 3.47. The van der Waals surface area contributed by atoms with Crippen molar-refractivity contribution >= 4 is 10.0 Å². The lowest BCUT2D eigenvalue weighted by Gasteiger charge is -2.26. The first kappa shape index (κ1) is 20.7. The van der Waals surface area contributed by atoms with Crippen LogP contribution in [0.3, 0.4) is 0 Å². The lowest BCUT2D eigenvalue weighted by molar-refractivity contribution is 0.0358. The maximum absolute atomic E-state index is 12.6. The first-order valence-corrected chi connectivity index (χ1v) is 11.6. The molecule has 1 fully saturated rings. The van der Waals surface area contributed by atoms with E-state index in [4.69, 9.17) is 9.47 Å². The molecule has 7 heteroatoms. The van der Waals surface area contributed by atoms with Crippen LogP contribution >= 0.6 is 0 Å². The Morgan fingerprint density at radius 3 is 2.10 bits per heavy atom. The van der Waals surface area contributed by atoms with Crippen LogP contribution in [-0.4, -0.2) is 56.7 Å². The van der Waals surface area contributed by atoms with E-state index in [1.165, 1.54) is 16.4 Å². The summed E-state index contributed by atoms with van der Waals surface area (Å²) in [6, 6.07) is 18.2. The number of rotatable bonds is 8.